The van der Waals surface area contributed by atoms with Gasteiger partial charge in [0.25, 0.3) is 5.91 Å². The molecule has 2 fully saturated rings. The van der Waals surface area contributed by atoms with Gasteiger partial charge in [-0.05, 0) is 89.8 Å². The summed E-state index contributed by atoms with van der Waals surface area (Å²) in [4.78, 5) is 28.3. The Balaban J connectivity index is 0.967. The standard InChI is InChI=1S/C40H35NO7/c1-2-41(39(42)31-10-6-27(7-11-31)29-14-18-34(19-15-29)44-23-37-25-46-37)33-4-3-5-36(22-33)48-40(43)32-12-8-28(9-13-32)30-16-20-35(21-17-30)45-24-38-26-47-38/h3-22,37-38H,2,23-26H2,1H3. The second kappa shape index (κ2) is 14.1. The van der Waals surface area contributed by atoms with Crippen molar-refractivity contribution in [2.45, 2.75) is 19.1 Å². The number of rotatable bonds is 13. The topological polar surface area (TPSA) is 90.1 Å². The zero-order chi connectivity index (χ0) is 32.9. The number of esters is 1. The molecule has 2 saturated heterocycles. The molecule has 2 heterocycles. The van der Waals surface area contributed by atoms with Crippen LogP contribution in [0.5, 0.6) is 17.2 Å². The van der Waals surface area contributed by atoms with Gasteiger partial charge in [-0.25, -0.2) is 4.79 Å². The Labute approximate surface area is 279 Å². The van der Waals surface area contributed by atoms with Crippen molar-refractivity contribution in [3.8, 4) is 39.5 Å². The lowest BCUT2D eigenvalue weighted by molar-refractivity contribution is 0.0735. The number of anilines is 1. The molecule has 0 N–H and O–H groups in total. The van der Waals surface area contributed by atoms with E-state index in [1.807, 2.05) is 97.9 Å². The Kier molecular flexibility index (Phi) is 9.18. The van der Waals surface area contributed by atoms with E-state index in [1.165, 1.54) is 0 Å². The molecule has 242 valence electrons. The van der Waals surface area contributed by atoms with Crippen LogP contribution in [0.25, 0.3) is 22.3 Å². The Morgan fingerprint density at radius 2 is 1.08 bits per heavy atom. The minimum absolute atomic E-state index is 0.148. The van der Waals surface area contributed by atoms with Gasteiger partial charge in [0.2, 0.25) is 0 Å². The molecule has 2 unspecified atom stereocenters. The monoisotopic (exact) mass is 641 g/mol. The molecule has 8 heteroatoms. The normalized spacial score (nSPS) is 16.1. The van der Waals surface area contributed by atoms with Crippen molar-refractivity contribution in [3.63, 3.8) is 0 Å². The molecule has 5 aromatic rings. The molecule has 2 aliphatic heterocycles. The number of nitrogens with zero attached hydrogens (tertiary/aromatic N) is 1. The van der Waals surface area contributed by atoms with E-state index in [1.54, 1.807) is 35.2 Å². The third-order valence-electron chi connectivity index (χ3n) is 8.21. The minimum Gasteiger partial charge on any atom is -0.491 e. The molecule has 0 bridgehead atoms. The second-order valence-corrected chi connectivity index (χ2v) is 11.7. The molecular weight excluding hydrogens is 606 g/mol. The lowest BCUT2D eigenvalue weighted by Gasteiger charge is -2.22. The first-order chi connectivity index (χ1) is 23.5. The number of hydrogen-bond acceptors (Lipinski definition) is 7. The maximum Gasteiger partial charge on any atom is 0.343 e. The van der Waals surface area contributed by atoms with Crippen LogP contribution in [0.3, 0.4) is 0 Å². The van der Waals surface area contributed by atoms with Crippen LogP contribution in [0.15, 0.2) is 121 Å². The SMILES string of the molecule is CCN(C(=O)c1ccc(-c2ccc(OCC3CO3)cc2)cc1)c1cccc(OC(=O)c2ccc(-c3ccc(OCC4CO4)cc3)cc2)c1. The van der Waals surface area contributed by atoms with Crippen molar-refractivity contribution in [3.05, 3.63) is 132 Å². The van der Waals surface area contributed by atoms with Gasteiger partial charge in [-0.2, -0.15) is 0 Å². The Hall–Kier alpha value is -5.44. The van der Waals surface area contributed by atoms with Crippen molar-refractivity contribution in [2.75, 3.05) is 37.9 Å². The number of epoxide rings is 2. The fraction of sp³-hybridized carbons (Fsp3) is 0.200. The van der Waals surface area contributed by atoms with E-state index < -0.39 is 5.97 Å². The smallest absolute Gasteiger partial charge is 0.343 e. The van der Waals surface area contributed by atoms with E-state index in [2.05, 4.69) is 0 Å². The summed E-state index contributed by atoms with van der Waals surface area (Å²) < 4.78 is 27.5. The molecule has 0 saturated carbocycles. The van der Waals surface area contributed by atoms with E-state index in [4.69, 9.17) is 23.7 Å². The number of ether oxygens (including phenoxy) is 5. The number of hydrogen-bond donors (Lipinski definition) is 0. The van der Waals surface area contributed by atoms with E-state index in [-0.39, 0.29) is 18.1 Å². The lowest BCUT2D eigenvalue weighted by atomic mass is 10.0. The summed E-state index contributed by atoms with van der Waals surface area (Å²) in [7, 11) is 0. The van der Waals surface area contributed by atoms with Crippen molar-refractivity contribution < 1.29 is 33.3 Å². The fourth-order valence-corrected chi connectivity index (χ4v) is 5.28. The zero-order valence-corrected chi connectivity index (χ0v) is 26.5. The van der Waals surface area contributed by atoms with Crippen LogP contribution in [-0.4, -0.2) is 57.1 Å². The molecule has 0 aromatic heterocycles. The van der Waals surface area contributed by atoms with Crippen LogP contribution in [-0.2, 0) is 9.47 Å². The van der Waals surface area contributed by atoms with Crippen LogP contribution in [0, 0.1) is 0 Å². The largest absolute Gasteiger partial charge is 0.491 e. The van der Waals surface area contributed by atoms with Crippen LogP contribution in [0.4, 0.5) is 5.69 Å². The minimum atomic E-state index is -0.480. The lowest BCUT2D eigenvalue weighted by Crippen LogP contribution is -2.30. The average Bonchev–Trinajstić information content (AvgIpc) is 4.07. The van der Waals surface area contributed by atoms with E-state index in [9.17, 15) is 9.59 Å². The third kappa shape index (κ3) is 7.74. The highest BCUT2D eigenvalue weighted by atomic mass is 16.6. The molecule has 48 heavy (non-hydrogen) atoms. The quantitative estimate of drug-likeness (QED) is 0.0749. The first kappa shape index (κ1) is 31.2. The summed E-state index contributed by atoms with van der Waals surface area (Å²) in [6.07, 6.45) is 0.419. The van der Waals surface area contributed by atoms with Crippen LogP contribution in [0.1, 0.15) is 27.6 Å². The van der Waals surface area contributed by atoms with Gasteiger partial charge in [-0.1, -0.05) is 54.6 Å². The van der Waals surface area contributed by atoms with E-state index in [0.717, 1.165) is 47.0 Å². The van der Waals surface area contributed by atoms with Crippen molar-refractivity contribution in [1.29, 1.82) is 0 Å². The van der Waals surface area contributed by atoms with Gasteiger partial charge in [-0.3, -0.25) is 4.79 Å². The number of benzene rings is 5. The van der Waals surface area contributed by atoms with Gasteiger partial charge in [0.05, 0.1) is 18.8 Å². The predicted molar refractivity (Wildman–Crippen MR) is 183 cm³/mol. The highest BCUT2D eigenvalue weighted by Gasteiger charge is 2.24. The Bertz CT molecular complexity index is 1860. The molecule has 5 aromatic carbocycles. The van der Waals surface area contributed by atoms with E-state index >= 15 is 0 Å². The van der Waals surface area contributed by atoms with Gasteiger partial charge in [0.15, 0.2) is 0 Å². The predicted octanol–water partition coefficient (Wildman–Crippen LogP) is 7.46. The van der Waals surface area contributed by atoms with Gasteiger partial charge in [-0.15, -0.1) is 0 Å². The van der Waals surface area contributed by atoms with Gasteiger partial charge in [0, 0.05) is 23.9 Å². The number of amides is 1. The molecule has 0 radical (unpaired) electrons. The molecule has 1 amide bonds. The maximum atomic E-state index is 13.6. The Morgan fingerprint density at radius 1 is 0.625 bits per heavy atom. The van der Waals surface area contributed by atoms with Gasteiger partial charge >= 0.3 is 5.97 Å². The number of carbonyl (C=O) groups is 2. The molecule has 7 rings (SSSR count). The van der Waals surface area contributed by atoms with E-state index in [0.29, 0.717) is 42.3 Å². The summed E-state index contributed by atoms with van der Waals surface area (Å²) >= 11 is 0. The maximum absolute atomic E-state index is 13.6. The Morgan fingerprint density at radius 3 is 1.54 bits per heavy atom. The van der Waals surface area contributed by atoms with Crippen molar-refractivity contribution in [1.82, 2.24) is 0 Å². The van der Waals surface area contributed by atoms with Crippen LogP contribution >= 0.6 is 0 Å². The molecule has 0 aliphatic carbocycles. The molecule has 8 nitrogen and oxygen atoms in total. The highest BCUT2D eigenvalue weighted by molar-refractivity contribution is 6.06. The molecule has 0 spiro atoms. The number of carbonyl (C=O) groups excluding carboxylic acids is 2. The van der Waals surface area contributed by atoms with Crippen LogP contribution in [0.2, 0.25) is 0 Å². The van der Waals surface area contributed by atoms with Gasteiger partial charge in [0.1, 0.15) is 42.7 Å². The highest BCUT2D eigenvalue weighted by Crippen LogP contribution is 2.28. The zero-order valence-electron chi connectivity index (χ0n) is 26.5. The van der Waals surface area contributed by atoms with Crippen molar-refractivity contribution in [2.24, 2.45) is 0 Å². The average molecular weight is 642 g/mol. The van der Waals surface area contributed by atoms with Gasteiger partial charge < -0.3 is 28.6 Å². The summed E-state index contributed by atoms with van der Waals surface area (Å²) in [6, 6.07) is 37.5. The molecule has 2 atom stereocenters. The first-order valence-electron chi connectivity index (χ1n) is 16.1. The molecule has 2 aliphatic rings. The first-order valence-corrected chi connectivity index (χ1v) is 16.1. The summed E-state index contributed by atoms with van der Waals surface area (Å²) in [6.45, 7) is 5.00. The fourth-order valence-electron chi connectivity index (χ4n) is 5.28. The van der Waals surface area contributed by atoms with Crippen molar-refractivity contribution >= 4 is 17.6 Å². The summed E-state index contributed by atoms with van der Waals surface area (Å²) in [5.41, 5.74) is 5.62. The van der Waals surface area contributed by atoms with Crippen LogP contribution < -0.4 is 19.1 Å². The summed E-state index contributed by atoms with van der Waals surface area (Å²) in [5, 5.41) is 0. The summed E-state index contributed by atoms with van der Waals surface area (Å²) in [5.74, 6) is 1.32. The molecular formula is C40H35NO7. The third-order valence-corrected chi connectivity index (χ3v) is 8.21. The second-order valence-electron chi connectivity index (χ2n) is 11.7.